The van der Waals surface area contributed by atoms with Gasteiger partial charge in [-0.15, -0.1) is 0 Å². The molecule has 1 saturated carbocycles. The van der Waals surface area contributed by atoms with Crippen LogP contribution in [0.1, 0.15) is 28.8 Å². The minimum atomic E-state index is -1.09. The first-order valence-corrected chi connectivity index (χ1v) is 5.97. The van der Waals surface area contributed by atoms with Gasteiger partial charge in [0.05, 0.1) is 5.56 Å². The summed E-state index contributed by atoms with van der Waals surface area (Å²) in [6.07, 6.45) is 4.17. The third-order valence-electron chi connectivity index (χ3n) is 3.05. The number of carbonyl (C=O) groups is 2. The second kappa shape index (κ2) is 5.22. The van der Waals surface area contributed by atoms with Crippen molar-refractivity contribution in [3.63, 3.8) is 0 Å². The van der Waals surface area contributed by atoms with E-state index in [9.17, 15) is 14.0 Å². The molecule has 100 valence electrons. The molecule has 1 N–H and O–H groups in total. The average molecular weight is 263 g/mol. The SMILES string of the molecule is CN(C(=O)c1cc(/C=C/C(=O)O)ccc1F)C1CC1. The summed E-state index contributed by atoms with van der Waals surface area (Å²) in [6, 6.07) is 4.18. The van der Waals surface area contributed by atoms with E-state index in [1.54, 1.807) is 7.05 Å². The van der Waals surface area contributed by atoms with Gasteiger partial charge in [-0.1, -0.05) is 6.07 Å². The lowest BCUT2D eigenvalue weighted by atomic mass is 10.1. The van der Waals surface area contributed by atoms with Gasteiger partial charge in [0.25, 0.3) is 5.91 Å². The zero-order chi connectivity index (χ0) is 14.0. The fourth-order valence-electron chi connectivity index (χ4n) is 1.80. The van der Waals surface area contributed by atoms with Gasteiger partial charge in [0.2, 0.25) is 0 Å². The second-order valence-corrected chi connectivity index (χ2v) is 4.56. The Labute approximate surface area is 110 Å². The zero-order valence-electron chi connectivity index (χ0n) is 10.5. The van der Waals surface area contributed by atoms with Crippen molar-refractivity contribution in [3.8, 4) is 0 Å². The molecule has 0 aliphatic heterocycles. The molecule has 1 fully saturated rings. The molecule has 1 aliphatic carbocycles. The van der Waals surface area contributed by atoms with Crippen LogP contribution in [0.2, 0.25) is 0 Å². The summed E-state index contributed by atoms with van der Waals surface area (Å²) in [5, 5.41) is 8.54. The average Bonchev–Trinajstić information content (AvgIpc) is 3.20. The van der Waals surface area contributed by atoms with Crippen LogP contribution in [0, 0.1) is 5.82 Å². The Kier molecular flexibility index (Phi) is 3.64. The molecule has 0 radical (unpaired) electrons. The van der Waals surface area contributed by atoms with Gasteiger partial charge in [-0.3, -0.25) is 4.79 Å². The molecule has 1 aromatic rings. The van der Waals surface area contributed by atoms with Gasteiger partial charge in [-0.05, 0) is 36.6 Å². The van der Waals surface area contributed by atoms with Crippen molar-refractivity contribution in [1.82, 2.24) is 4.90 Å². The highest BCUT2D eigenvalue weighted by atomic mass is 19.1. The maximum Gasteiger partial charge on any atom is 0.328 e. The smallest absolute Gasteiger partial charge is 0.328 e. The van der Waals surface area contributed by atoms with E-state index < -0.39 is 11.8 Å². The Morgan fingerprint density at radius 1 is 1.42 bits per heavy atom. The lowest BCUT2D eigenvalue weighted by Crippen LogP contribution is -2.29. The topological polar surface area (TPSA) is 57.6 Å². The quantitative estimate of drug-likeness (QED) is 0.847. The Bertz CT molecular complexity index is 550. The number of benzene rings is 1. The van der Waals surface area contributed by atoms with Crippen molar-refractivity contribution in [2.24, 2.45) is 0 Å². The van der Waals surface area contributed by atoms with E-state index in [0.717, 1.165) is 18.9 Å². The summed E-state index contributed by atoms with van der Waals surface area (Å²) in [7, 11) is 1.65. The molecule has 1 aliphatic rings. The number of rotatable bonds is 4. The molecule has 2 rings (SSSR count). The van der Waals surface area contributed by atoms with Gasteiger partial charge in [-0.25, -0.2) is 9.18 Å². The monoisotopic (exact) mass is 263 g/mol. The first-order chi connectivity index (χ1) is 8.99. The Balaban J connectivity index is 2.25. The summed E-state index contributed by atoms with van der Waals surface area (Å²) >= 11 is 0. The second-order valence-electron chi connectivity index (χ2n) is 4.56. The number of carbonyl (C=O) groups excluding carboxylic acids is 1. The van der Waals surface area contributed by atoms with Crippen LogP contribution in [-0.4, -0.2) is 35.0 Å². The molecule has 1 amide bonds. The van der Waals surface area contributed by atoms with E-state index in [1.807, 2.05) is 0 Å². The summed E-state index contributed by atoms with van der Waals surface area (Å²) in [6.45, 7) is 0. The number of aliphatic carboxylic acids is 1. The molecule has 4 nitrogen and oxygen atoms in total. The van der Waals surface area contributed by atoms with Gasteiger partial charge in [0, 0.05) is 19.2 Å². The van der Waals surface area contributed by atoms with Crippen LogP contribution < -0.4 is 0 Å². The van der Waals surface area contributed by atoms with Crippen LogP contribution in [0.4, 0.5) is 4.39 Å². The van der Waals surface area contributed by atoms with Gasteiger partial charge < -0.3 is 10.0 Å². The zero-order valence-corrected chi connectivity index (χ0v) is 10.5. The third-order valence-corrected chi connectivity index (χ3v) is 3.05. The molecule has 0 saturated heterocycles. The first-order valence-electron chi connectivity index (χ1n) is 5.97. The van der Waals surface area contributed by atoms with Crippen LogP contribution >= 0.6 is 0 Å². The normalized spacial score (nSPS) is 14.6. The molecular formula is C14H14FNO3. The Morgan fingerprint density at radius 2 is 2.11 bits per heavy atom. The molecule has 19 heavy (non-hydrogen) atoms. The van der Waals surface area contributed by atoms with E-state index in [4.69, 9.17) is 5.11 Å². The summed E-state index contributed by atoms with van der Waals surface area (Å²) in [5.41, 5.74) is 0.457. The Morgan fingerprint density at radius 3 is 2.68 bits per heavy atom. The van der Waals surface area contributed by atoms with E-state index in [2.05, 4.69) is 0 Å². The van der Waals surface area contributed by atoms with Crippen molar-refractivity contribution < 1.29 is 19.1 Å². The fraction of sp³-hybridized carbons (Fsp3) is 0.286. The molecular weight excluding hydrogens is 249 g/mol. The highest BCUT2D eigenvalue weighted by Crippen LogP contribution is 2.27. The molecule has 5 heteroatoms. The van der Waals surface area contributed by atoms with Crippen LogP contribution in [0.25, 0.3) is 6.08 Å². The summed E-state index contributed by atoms with van der Waals surface area (Å²) in [5.74, 6) is -2.05. The number of halogens is 1. The van der Waals surface area contributed by atoms with E-state index in [1.165, 1.54) is 29.2 Å². The lowest BCUT2D eigenvalue weighted by Gasteiger charge is -2.16. The van der Waals surface area contributed by atoms with Gasteiger partial charge in [-0.2, -0.15) is 0 Å². The molecule has 0 bridgehead atoms. The number of hydrogen-bond acceptors (Lipinski definition) is 2. The third kappa shape index (κ3) is 3.19. The predicted molar refractivity (Wildman–Crippen MR) is 68.2 cm³/mol. The maximum absolute atomic E-state index is 13.7. The van der Waals surface area contributed by atoms with Crippen LogP contribution in [0.5, 0.6) is 0 Å². The van der Waals surface area contributed by atoms with Gasteiger partial charge in [0.15, 0.2) is 0 Å². The highest BCUT2D eigenvalue weighted by molar-refractivity contribution is 5.95. The number of nitrogens with zero attached hydrogens (tertiary/aromatic N) is 1. The maximum atomic E-state index is 13.7. The first kappa shape index (κ1) is 13.3. The predicted octanol–water partition coefficient (Wildman–Crippen LogP) is 2.16. The van der Waals surface area contributed by atoms with Gasteiger partial charge >= 0.3 is 5.97 Å². The number of amides is 1. The Hall–Kier alpha value is -2.17. The van der Waals surface area contributed by atoms with Gasteiger partial charge in [0.1, 0.15) is 5.82 Å². The van der Waals surface area contributed by atoms with Crippen molar-refractivity contribution in [2.75, 3.05) is 7.05 Å². The molecule has 0 spiro atoms. The number of carboxylic acid groups (broad SMARTS) is 1. The molecule has 0 unspecified atom stereocenters. The van der Waals surface area contributed by atoms with Crippen molar-refractivity contribution in [3.05, 3.63) is 41.2 Å². The van der Waals surface area contributed by atoms with Crippen molar-refractivity contribution in [2.45, 2.75) is 18.9 Å². The number of carboxylic acids is 1. The van der Waals surface area contributed by atoms with E-state index >= 15 is 0 Å². The van der Waals surface area contributed by atoms with Crippen molar-refractivity contribution in [1.29, 1.82) is 0 Å². The van der Waals surface area contributed by atoms with Crippen molar-refractivity contribution >= 4 is 18.0 Å². The summed E-state index contributed by atoms with van der Waals surface area (Å²) in [4.78, 5) is 24.0. The van der Waals surface area contributed by atoms with E-state index in [0.29, 0.717) is 5.56 Å². The summed E-state index contributed by atoms with van der Waals surface area (Å²) < 4.78 is 13.7. The van der Waals surface area contributed by atoms with Crippen LogP contribution in [0.3, 0.4) is 0 Å². The van der Waals surface area contributed by atoms with E-state index in [-0.39, 0.29) is 17.5 Å². The largest absolute Gasteiger partial charge is 0.478 e. The minimum Gasteiger partial charge on any atom is -0.478 e. The molecule has 0 aromatic heterocycles. The minimum absolute atomic E-state index is 0.0260. The lowest BCUT2D eigenvalue weighted by molar-refractivity contribution is -0.131. The van der Waals surface area contributed by atoms with Crippen LogP contribution in [0.15, 0.2) is 24.3 Å². The number of hydrogen-bond donors (Lipinski definition) is 1. The standard InChI is InChI=1S/C14H14FNO3/c1-16(10-4-5-10)14(19)11-8-9(2-6-12(11)15)3-7-13(17)18/h2-3,6-8,10H,4-5H2,1H3,(H,17,18)/b7-3+. The van der Waals surface area contributed by atoms with Crippen LogP contribution in [-0.2, 0) is 4.79 Å². The fourth-order valence-corrected chi connectivity index (χ4v) is 1.80. The molecule has 1 aromatic carbocycles. The molecule has 0 heterocycles. The molecule has 0 atom stereocenters. The highest BCUT2D eigenvalue weighted by Gasteiger charge is 2.31.